The highest BCUT2D eigenvalue weighted by molar-refractivity contribution is 5.56. The lowest BCUT2D eigenvalue weighted by atomic mass is 10.2. The molecule has 0 amide bonds. The van der Waals surface area contributed by atoms with Gasteiger partial charge in [-0.15, -0.1) is 0 Å². The Morgan fingerprint density at radius 3 is 3.00 bits per heavy atom. The van der Waals surface area contributed by atoms with E-state index in [0.717, 1.165) is 23.6 Å². The van der Waals surface area contributed by atoms with Gasteiger partial charge >= 0.3 is 0 Å². The first-order valence-corrected chi connectivity index (χ1v) is 4.50. The Labute approximate surface area is 82.4 Å². The average molecular weight is 188 g/mol. The van der Waals surface area contributed by atoms with Crippen LogP contribution in [-0.2, 0) is 6.54 Å². The first kappa shape index (κ1) is 8.90. The van der Waals surface area contributed by atoms with Gasteiger partial charge in [0, 0.05) is 12.7 Å². The van der Waals surface area contributed by atoms with Crippen LogP contribution >= 0.6 is 0 Å². The second kappa shape index (κ2) is 4.02. The van der Waals surface area contributed by atoms with Gasteiger partial charge in [-0.1, -0.05) is 6.07 Å². The summed E-state index contributed by atoms with van der Waals surface area (Å²) >= 11 is 0. The molecule has 2 rings (SSSR count). The van der Waals surface area contributed by atoms with Crippen LogP contribution in [0.3, 0.4) is 0 Å². The number of hydrogen-bond donors (Lipinski definition) is 2. The Bertz CT molecular complexity index is 394. The maximum atomic E-state index is 4.25. The number of H-pyrrole nitrogens is 1. The third-order valence-corrected chi connectivity index (χ3v) is 1.98. The van der Waals surface area contributed by atoms with Crippen molar-refractivity contribution in [2.24, 2.45) is 0 Å². The molecule has 4 nitrogen and oxygen atoms in total. The Hall–Kier alpha value is -1.68. The average Bonchev–Trinajstić information content (AvgIpc) is 2.68. The molecule has 0 saturated heterocycles. The first-order valence-electron chi connectivity index (χ1n) is 4.50. The van der Waals surface area contributed by atoms with Gasteiger partial charge in [0.15, 0.2) is 0 Å². The first-order chi connectivity index (χ1) is 6.92. The number of pyridine rings is 1. The van der Waals surface area contributed by atoms with Gasteiger partial charge in [0.1, 0.15) is 5.69 Å². The molecule has 0 radical (unpaired) electrons. The summed E-state index contributed by atoms with van der Waals surface area (Å²) in [5.74, 6) is 0. The Morgan fingerprint density at radius 2 is 2.29 bits per heavy atom. The highest BCUT2D eigenvalue weighted by Gasteiger charge is 2.07. The van der Waals surface area contributed by atoms with Gasteiger partial charge in [-0.3, -0.25) is 4.98 Å². The molecular weight excluding hydrogens is 176 g/mol. The number of hydrogen-bond acceptors (Lipinski definition) is 3. The Morgan fingerprint density at radius 1 is 1.36 bits per heavy atom. The van der Waals surface area contributed by atoms with E-state index in [-0.39, 0.29) is 0 Å². The minimum absolute atomic E-state index is 0.770. The van der Waals surface area contributed by atoms with Gasteiger partial charge in [-0.25, -0.2) is 4.98 Å². The molecule has 0 bridgehead atoms. The molecule has 0 aromatic carbocycles. The minimum Gasteiger partial charge on any atom is -0.347 e. The molecule has 0 atom stereocenters. The molecule has 0 aliphatic rings. The van der Waals surface area contributed by atoms with E-state index in [1.165, 1.54) is 0 Å². The summed E-state index contributed by atoms with van der Waals surface area (Å²) in [7, 11) is 1.91. The molecule has 2 aromatic rings. The van der Waals surface area contributed by atoms with Gasteiger partial charge in [-0.05, 0) is 19.2 Å². The molecule has 14 heavy (non-hydrogen) atoms. The van der Waals surface area contributed by atoms with Crippen LogP contribution < -0.4 is 5.32 Å². The van der Waals surface area contributed by atoms with Crippen molar-refractivity contribution in [1.82, 2.24) is 20.3 Å². The van der Waals surface area contributed by atoms with E-state index in [9.17, 15) is 0 Å². The van der Waals surface area contributed by atoms with Crippen molar-refractivity contribution in [3.8, 4) is 11.4 Å². The normalized spacial score (nSPS) is 10.4. The fourth-order valence-electron chi connectivity index (χ4n) is 1.36. The van der Waals surface area contributed by atoms with Crippen molar-refractivity contribution in [1.29, 1.82) is 0 Å². The molecule has 2 aromatic heterocycles. The number of rotatable bonds is 3. The summed E-state index contributed by atoms with van der Waals surface area (Å²) in [6.07, 6.45) is 3.46. The zero-order chi connectivity index (χ0) is 9.80. The predicted octanol–water partition coefficient (Wildman–Crippen LogP) is 1.19. The molecular formula is C10H12N4. The molecule has 0 unspecified atom stereocenters. The van der Waals surface area contributed by atoms with Crippen LogP contribution in [0.4, 0.5) is 0 Å². The molecule has 0 saturated carbocycles. The summed E-state index contributed by atoms with van der Waals surface area (Å²) < 4.78 is 0. The van der Waals surface area contributed by atoms with Crippen LogP contribution in [0.1, 0.15) is 5.69 Å². The van der Waals surface area contributed by atoms with Crippen LogP contribution in [0.15, 0.2) is 30.7 Å². The molecule has 2 N–H and O–H groups in total. The lowest BCUT2D eigenvalue weighted by Crippen LogP contribution is -2.06. The number of aromatic nitrogens is 3. The van der Waals surface area contributed by atoms with Crippen LogP contribution in [0.25, 0.3) is 11.4 Å². The monoisotopic (exact) mass is 188 g/mol. The highest BCUT2D eigenvalue weighted by atomic mass is 14.9. The third kappa shape index (κ3) is 1.65. The number of aromatic amines is 1. The van der Waals surface area contributed by atoms with Crippen molar-refractivity contribution in [3.63, 3.8) is 0 Å². The topological polar surface area (TPSA) is 53.6 Å². The van der Waals surface area contributed by atoms with Crippen LogP contribution in [0, 0.1) is 0 Å². The Kier molecular flexibility index (Phi) is 2.55. The van der Waals surface area contributed by atoms with Crippen molar-refractivity contribution in [2.75, 3.05) is 7.05 Å². The fourth-order valence-corrected chi connectivity index (χ4v) is 1.36. The predicted molar refractivity (Wildman–Crippen MR) is 54.6 cm³/mol. The molecule has 0 fully saturated rings. The number of nitrogens with one attached hydrogen (secondary N) is 2. The quantitative estimate of drug-likeness (QED) is 0.760. The van der Waals surface area contributed by atoms with Crippen LogP contribution in [-0.4, -0.2) is 22.0 Å². The summed E-state index contributed by atoms with van der Waals surface area (Å²) in [5.41, 5.74) is 2.88. The lowest BCUT2D eigenvalue weighted by Gasteiger charge is -2.00. The van der Waals surface area contributed by atoms with E-state index in [4.69, 9.17) is 0 Å². The van der Waals surface area contributed by atoms with Crippen LogP contribution in [0.2, 0.25) is 0 Å². The van der Waals surface area contributed by atoms with Crippen molar-refractivity contribution in [3.05, 3.63) is 36.4 Å². The van der Waals surface area contributed by atoms with Crippen molar-refractivity contribution >= 4 is 0 Å². The maximum Gasteiger partial charge on any atom is 0.111 e. The molecule has 72 valence electrons. The van der Waals surface area contributed by atoms with E-state index in [0.29, 0.717) is 0 Å². The van der Waals surface area contributed by atoms with E-state index in [1.54, 1.807) is 12.5 Å². The van der Waals surface area contributed by atoms with Crippen molar-refractivity contribution < 1.29 is 0 Å². The van der Waals surface area contributed by atoms with E-state index >= 15 is 0 Å². The second-order valence-corrected chi connectivity index (χ2v) is 2.98. The molecule has 4 heteroatoms. The smallest absolute Gasteiger partial charge is 0.111 e. The van der Waals surface area contributed by atoms with E-state index < -0.39 is 0 Å². The minimum atomic E-state index is 0.770. The standard InChI is InChI=1S/C10H12N4/c1-11-6-9-10(14-7-13-9)8-4-2-3-5-12-8/h2-5,7,11H,6H2,1H3,(H,13,14). The van der Waals surface area contributed by atoms with Crippen LogP contribution in [0.5, 0.6) is 0 Å². The zero-order valence-corrected chi connectivity index (χ0v) is 7.99. The summed E-state index contributed by atoms with van der Waals surface area (Å²) in [6.45, 7) is 0.770. The van der Waals surface area contributed by atoms with Crippen molar-refractivity contribution in [2.45, 2.75) is 6.54 Å². The number of nitrogens with zero attached hydrogens (tertiary/aromatic N) is 2. The maximum absolute atomic E-state index is 4.25. The molecule has 0 spiro atoms. The highest BCUT2D eigenvalue weighted by Crippen LogP contribution is 2.16. The van der Waals surface area contributed by atoms with Gasteiger partial charge in [-0.2, -0.15) is 0 Å². The molecule has 2 heterocycles. The van der Waals surface area contributed by atoms with Gasteiger partial charge in [0.25, 0.3) is 0 Å². The largest absolute Gasteiger partial charge is 0.347 e. The number of imidazole rings is 1. The summed E-state index contributed by atoms with van der Waals surface area (Å²) in [6, 6.07) is 5.81. The van der Waals surface area contributed by atoms with E-state index in [2.05, 4.69) is 20.3 Å². The third-order valence-electron chi connectivity index (χ3n) is 1.98. The van der Waals surface area contributed by atoms with Gasteiger partial charge in [0.05, 0.1) is 17.7 Å². The lowest BCUT2D eigenvalue weighted by molar-refractivity contribution is 0.798. The summed E-state index contributed by atoms with van der Waals surface area (Å²) in [5, 5.41) is 3.08. The van der Waals surface area contributed by atoms with Gasteiger partial charge < -0.3 is 10.3 Å². The summed E-state index contributed by atoms with van der Waals surface area (Å²) in [4.78, 5) is 11.6. The second-order valence-electron chi connectivity index (χ2n) is 2.98. The SMILES string of the molecule is CNCc1[nH]cnc1-c1ccccn1. The zero-order valence-electron chi connectivity index (χ0n) is 7.99. The van der Waals surface area contributed by atoms with E-state index in [1.807, 2.05) is 25.2 Å². The molecule has 0 aliphatic carbocycles. The Balaban J connectivity index is 2.37. The fraction of sp³-hybridized carbons (Fsp3) is 0.200. The molecule has 0 aliphatic heterocycles. The van der Waals surface area contributed by atoms with Gasteiger partial charge in [0.2, 0.25) is 0 Å².